The van der Waals surface area contributed by atoms with Crippen molar-refractivity contribution in [3.8, 4) is 0 Å². The second kappa shape index (κ2) is 3.81. The van der Waals surface area contributed by atoms with E-state index in [1.54, 1.807) is 0 Å². The minimum absolute atomic E-state index is 0.0191. The van der Waals surface area contributed by atoms with Crippen LogP contribution in [-0.4, -0.2) is 23.6 Å². The summed E-state index contributed by atoms with van der Waals surface area (Å²) in [5.74, 6) is 0.130. The Labute approximate surface area is 122 Å². The molecule has 2 heterocycles. The monoisotopic (exact) mass is 278 g/mol. The van der Waals surface area contributed by atoms with Gasteiger partial charge in [0.25, 0.3) is 0 Å². The molecule has 3 nitrogen and oxygen atoms in total. The summed E-state index contributed by atoms with van der Waals surface area (Å²) in [6.07, 6.45) is 0.689. The highest BCUT2D eigenvalue weighted by Crippen LogP contribution is 2.57. The van der Waals surface area contributed by atoms with Crippen LogP contribution in [0.2, 0.25) is 0 Å². The second-order valence-electron chi connectivity index (χ2n) is 6.02. The van der Waals surface area contributed by atoms with Gasteiger partial charge in [-0.1, -0.05) is 54.6 Å². The van der Waals surface area contributed by atoms with Gasteiger partial charge in [0.2, 0.25) is 0 Å². The van der Waals surface area contributed by atoms with Crippen LogP contribution >= 0.6 is 0 Å². The number of carbonyl (C=O) groups is 1. The van der Waals surface area contributed by atoms with Crippen LogP contribution in [0, 0.1) is 0 Å². The molecule has 0 radical (unpaired) electrons. The fraction of sp³-hybridized carbons (Fsp3) is 0.278. The van der Waals surface area contributed by atoms with Crippen molar-refractivity contribution >= 4 is 5.78 Å². The summed E-state index contributed by atoms with van der Waals surface area (Å²) in [6.45, 7) is 0. The topological polar surface area (TPSA) is 42.1 Å². The lowest BCUT2D eigenvalue weighted by Crippen LogP contribution is -2.25. The molecule has 2 fully saturated rings. The predicted octanol–water partition coefficient (Wildman–Crippen LogP) is 2.70. The first-order chi connectivity index (χ1) is 10.3. The Morgan fingerprint density at radius 2 is 1.76 bits per heavy atom. The molecular weight excluding hydrogens is 264 g/mol. The molecule has 104 valence electrons. The van der Waals surface area contributed by atoms with E-state index in [9.17, 15) is 4.79 Å². The van der Waals surface area contributed by atoms with Gasteiger partial charge in [-0.2, -0.15) is 0 Å². The van der Waals surface area contributed by atoms with E-state index in [0.717, 1.165) is 16.7 Å². The van der Waals surface area contributed by atoms with E-state index in [4.69, 9.17) is 9.47 Å². The number of fused-ring (bicyclic) bond motifs is 1. The van der Waals surface area contributed by atoms with Crippen LogP contribution < -0.4 is 0 Å². The number of carbonyl (C=O) groups excluding carboxylic acids is 1. The van der Waals surface area contributed by atoms with Gasteiger partial charge >= 0.3 is 0 Å². The largest absolute Gasteiger partial charge is 0.362 e. The quantitative estimate of drug-likeness (QED) is 0.793. The highest BCUT2D eigenvalue weighted by molar-refractivity contribution is 6.09. The molecule has 0 unspecified atom stereocenters. The van der Waals surface area contributed by atoms with Crippen LogP contribution in [0.25, 0.3) is 0 Å². The molecule has 2 saturated heterocycles. The number of rotatable bonds is 2. The van der Waals surface area contributed by atoms with Gasteiger partial charge in [0.15, 0.2) is 11.4 Å². The molecule has 2 aromatic carbocycles. The Morgan fingerprint density at radius 3 is 2.57 bits per heavy atom. The summed E-state index contributed by atoms with van der Waals surface area (Å²) in [7, 11) is 0. The SMILES string of the molecule is O=C1c2ccccc2C[C@@]12O[C@@H]2[C@H]1O[C@@H]1c1ccccc1. The number of hydrogen-bond acceptors (Lipinski definition) is 3. The van der Waals surface area contributed by atoms with Crippen molar-refractivity contribution in [2.24, 2.45) is 0 Å². The molecule has 4 atom stereocenters. The summed E-state index contributed by atoms with van der Waals surface area (Å²) >= 11 is 0. The minimum atomic E-state index is -0.641. The Kier molecular flexibility index (Phi) is 2.12. The molecule has 0 saturated carbocycles. The van der Waals surface area contributed by atoms with Crippen LogP contribution in [0.4, 0.5) is 0 Å². The van der Waals surface area contributed by atoms with Crippen molar-refractivity contribution in [2.75, 3.05) is 0 Å². The maximum atomic E-state index is 12.6. The molecule has 0 bridgehead atoms. The summed E-state index contributed by atoms with van der Waals surface area (Å²) in [5.41, 5.74) is 2.44. The van der Waals surface area contributed by atoms with Crippen LogP contribution in [0.5, 0.6) is 0 Å². The number of benzene rings is 2. The van der Waals surface area contributed by atoms with Crippen molar-refractivity contribution in [1.82, 2.24) is 0 Å². The Morgan fingerprint density at radius 1 is 1.00 bits per heavy atom. The average molecular weight is 278 g/mol. The third kappa shape index (κ3) is 1.53. The molecule has 0 aromatic heterocycles. The number of ether oxygens (including phenoxy) is 2. The van der Waals surface area contributed by atoms with Gasteiger partial charge in [-0.25, -0.2) is 0 Å². The maximum absolute atomic E-state index is 12.6. The third-order valence-corrected chi connectivity index (χ3v) is 4.79. The fourth-order valence-electron chi connectivity index (χ4n) is 3.60. The van der Waals surface area contributed by atoms with Gasteiger partial charge in [-0.05, 0) is 11.1 Å². The summed E-state index contributed by atoms with van der Waals surface area (Å²) in [4.78, 5) is 12.6. The van der Waals surface area contributed by atoms with Crippen molar-refractivity contribution in [3.05, 3.63) is 71.3 Å². The van der Waals surface area contributed by atoms with Crippen LogP contribution in [0.15, 0.2) is 54.6 Å². The number of ketones is 1. The number of epoxide rings is 2. The molecule has 2 aliphatic heterocycles. The van der Waals surface area contributed by atoms with E-state index < -0.39 is 5.60 Å². The Hall–Kier alpha value is -1.97. The van der Waals surface area contributed by atoms with E-state index in [2.05, 4.69) is 12.1 Å². The molecular formula is C18H14O3. The molecule has 21 heavy (non-hydrogen) atoms. The lowest BCUT2D eigenvalue weighted by atomic mass is 9.96. The summed E-state index contributed by atoms with van der Waals surface area (Å²) in [5, 5.41) is 0. The smallest absolute Gasteiger partial charge is 0.198 e. The highest BCUT2D eigenvalue weighted by atomic mass is 16.7. The average Bonchev–Trinajstić information content (AvgIpc) is 3.40. The van der Waals surface area contributed by atoms with E-state index in [1.165, 1.54) is 0 Å². The molecule has 3 heteroatoms. The third-order valence-electron chi connectivity index (χ3n) is 4.79. The van der Waals surface area contributed by atoms with Gasteiger partial charge < -0.3 is 9.47 Å². The lowest BCUT2D eigenvalue weighted by molar-refractivity contribution is 0.0894. The standard InChI is InChI=1S/C18H14O3/c19-16-13-9-5-4-8-12(13)10-18(16)17(21-18)15-14(20-15)11-6-2-1-3-7-11/h1-9,14-15,17H,10H2/t14-,15+,17-,18-/m1/s1. The Balaban J connectivity index is 1.39. The summed E-state index contributed by atoms with van der Waals surface area (Å²) < 4.78 is 11.6. The molecule has 5 rings (SSSR count). The van der Waals surface area contributed by atoms with Gasteiger partial charge in [0.05, 0.1) is 0 Å². The fourth-order valence-corrected chi connectivity index (χ4v) is 3.60. The van der Waals surface area contributed by atoms with E-state index in [-0.39, 0.29) is 24.1 Å². The van der Waals surface area contributed by atoms with E-state index in [1.807, 2.05) is 42.5 Å². The zero-order chi connectivity index (χ0) is 14.0. The van der Waals surface area contributed by atoms with Crippen LogP contribution in [0.3, 0.4) is 0 Å². The van der Waals surface area contributed by atoms with Crippen molar-refractivity contribution in [2.45, 2.75) is 30.3 Å². The second-order valence-corrected chi connectivity index (χ2v) is 6.02. The molecule has 0 amide bonds. The molecule has 1 aliphatic carbocycles. The predicted molar refractivity (Wildman–Crippen MR) is 76.1 cm³/mol. The van der Waals surface area contributed by atoms with Gasteiger partial charge in [-0.3, -0.25) is 4.79 Å². The van der Waals surface area contributed by atoms with Crippen LogP contribution in [0.1, 0.15) is 27.6 Å². The normalized spacial score (nSPS) is 35.8. The maximum Gasteiger partial charge on any atom is 0.198 e. The Bertz CT molecular complexity index is 739. The van der Waals surface area contributed by atoms with E-state index in [0.29, 0.717) is 6.42 Å². The van der Waals surface area contributed by atoms with E-state index >= 15 is 0 Å². The number of hydrogen-bond donors (Lipinski definition) is 0. The van der Waals surface area contributed by atoms with Crippen molar-refractivity contribution < 1.29 is 14.3 Å². The van der Waals surface area contributed by atoms with Gasteiger partial charge in [0.1, 0.15) is 18.3 Å². The molecule has 3 aliphatic rings. The molecule has 2 aromatic rings. The van der Waals surface area contributed by atoms with Crippen molar-refractivity contribution in [3.63, 3.8) is 0 Å². The summed E-state index contributed by atoms with van der Waals surface area (Å²) in [6, 6.07) is 17.9. The minimum Gasteiger partial charge on any atom is -0.362 e. The molecule has 1 spiro atoms. The first kappa shape index (κ1) is 11.7. The van der Waals surface area contributed by atoms with Gasteiger partial charge in [-0.15, -0.1) is 0 Å². The zero-order valence-corrected chi connectivity index (χ0v) is 11.4. The van der Waals surface area contributed by atoms with Gasteiger partial charge in [0, 0.05) is 12.0 Å². The number of Topliss-reactive ketones (excluding diaryl/α,β-unsaturated/α-hetero) is 1. The highest BCUT2D eigenvalue weighted by Gasteiger charge is 2.72. The first-order valence-corrected chi connectivity index (χ1v) is 7.30. The first-order valence-electron chi connectivity index (χ1n) is 7.30. The van der Waals surface area contributed by atoms with Crippen molar-refractivity contribution in [1.29, 1.82) is 0 Å². The molecule has 0 N–H and O–H groups in total. The lowest BCUT2D eigenvalue weighted by Gasteiger charge is -1.99. The zero-order valence-electron chi connectivity index (χ0n) is 11.4. The van der Waals surface area contributed by atoms with Crippen LogP contribution in [-0.2, 0) is 15.9 Å².